The Morgan fingerprint density at radius 3 is 2.61 bits per heavy atom. The van der Waals surface area contributed by atoms with E-state index in [1.807, 2.05) is 13.8 Å². The van der Waals surface area contributed by atoms with E-state index in [1.165, 1.54) is 0 Å². The second-order valence-electron chi connectivity index (χ2n) is 4.22. The highest BCUT2D eigenvalue weighted by atomic mass is 79.9. The minimum Gasteiger partial charge on any atom is -0.394 e. The molecule has 0 amide bonds. The van der Waals surface area contributed by atoms with Crippen molar-refractivity contribution >= 4 is 27.3 Å². The van der Waals surface area contributed by atoms with Crippen molar-refractivity contribution in [2.45, 2.75) is 19.9 Å². The average molecular weight is 321 g/mol. The second kappa shape index (κ2) is 6.10. The maximum Gasteiger partial charge on any atom is 0.293 e. The summed E-state index contributed by atoms with van der Waals surface area (Å²) in [5, 5.41) is 22.9. The molecule has 1 unspecified atom stereocenters. The standard InChI is InChI=1S/C11H14BrFN2O3/c1-6(2)10(5-16)14-9-4-8(13)7(12)3-11(9)15(17)18/h3-4,6,10,14,16H,5H2,1-2H3. The Morgan fingerprint density at radius 2 is 2.17 bits per heavy atom. The monoisotopic (exact) mass is 320 g/mol. The Bertz CT molecular complexity index is 454. The van der Waals surface area contributed by atoms with Gasteiger partial charge in [0.05, 0.1) is 22.0 Å². The number of aliphatic hydroxyl groups excluding tert-OH is 1. The summed E-state index contributed by atoms with van der Waals surface area (Å²) in [6, 6.07) is 1.78. The number of benzene rings is 1. The highest BCUT2D eigenvalue weighted by Gasteiger charge is 2.21. The minimum absolute atomic E-state index is 0.0323. The van der Waals surface area contributed by atoms with Crippen LogP contribution in [0.1, 0.15) is 13.8 Å². The van der Waals surface area contributed by atoms with E-state index in [0.717, 1.165) is 12.1 Å². The van der Waals surface area contributed by atoms with Gasteiger partial charge in [-0.3, -0.25) is 10.1 Å². The first kappa shape index (κ1) is 14.8. The molecule has 0 bridgehead atoms. The van der Waals surface area contributed by atoms with E-state index in [9.17, 15) is 19.6 Å². The Labute approximate surface area is 112 Å². The van der Waals surface area contributed by atoms with E-state index in [1.54, 1.807) is 0 Å². The molecule has 0 aliphatic carbocycles. The normalized spacial score (nSPS) is 12.6. The number of nitro benzene ring substituents is 1. The van der Waals surface area contributed by atoms with Gasteiger partial charge >= 0.3 is 0 Å². The number of nitrogens with one attached hydrogen (secondary N) is 1. The van der Waals surface area contributed by atoms with Crippen molar-refractivity contribution in [2.75, 3.05) is 11.9 Å². The summed E-state index contributed by atoms with van der Waals surface area (Å²) < 4.78 is 13.4. The molecule has 0 spiro atoms. The average Bonchev–Trinajstić information content (AvgIpc) is 2.29. The van der Waals surface area contributed by atoms with Gasteiger partial charge in [0.1, 0.15) is 11.5 Å². The number of hydrogen-bond donors (Lipinski definition) is 2. The lowest BCUT2D eigenvalue weighted by molar-refractivity contribution is -0.384. The van der Waals surface area contributed by atoms with Gasteiger partial charge in [0, 0.05) is 12.1 Å². The zero-order valence-corrected chi connectivity index (χ0v) is 11.6. The molecule has 5 nitrogen and oxygen atoms in total. The molecule has 1 aromatic rings. The second-order valence-corrected chi connectivity index (χ2v) is 5.07. The van der Waals surface area contributed by atoms with Gasteiger partial charge in [-0.25, -0.2) is 4.39 Å². The first-order chi connectivity index (χ1) is 8.36. The predicted octanol–water partition coefficient (Wildman–Crippen LogP) is 2.93. The number of nitrogens with zero attached hydrogens (tertiary/aromatic N) is 1. The van der Waals surface area contributed by atoms with Gasteiger partial charge in [0.2, 0.25) is 0 Å². The van der Waals surface area contributed by atoms with Crippen molar-refractivity contribution in [3.05, 3.63) is 32.5 Å². The fourth-order valence-electron chi connectivity index (χ4n) is 1.43. The van der Waals surface area contributed by atoms with Crippen LogP contribution in [-0.2, 0) is 0 Å². The molecule has 1 rings (SSSR count). The van der Waals surface area contributed by atoms with Gasteiger partial charge in [0.15, 0.2) is 0 Å². The molecule has 0 radical (unpaired) electrons. The van der Waals surface area contributed by atoms with Gasteiger partial charge in [-0.15, -0.1) is 0 Å². The van der Waals surface area contributed by atoms with Crippen LogP contribution in [0.2, 0.25) is 0 Å². The fraction of sp³-hybridized carbons (Fsp3) is 0.455. The third kappa shape index (κ3) is 3.39. The van der Waals surface area contributed by atoms with Crippen molar-refractivity contribution in [1.29, 1.82) is 0 Å². The van der Waals surface area contributed by atoms with Crippen molar-refractivity contribution in [3.8, 4) is 0 Å². The predicted molar refractivity (Wildman–Crippen MR) is 70.1 cm³/mol. The Kier molecular flexibility index (Phi) is 5.03. The molecular weight excluding hydrogens is 307 g/mol. The summed E-state index contributed by atoms with van der Waals surface area (Å²) in [5.74, 6) is -0.537. The molecule has 1 atom stereocenters. The molecule has 0 saturated heterocycles. The fourth-order valence-corrected chi connectivity index (χ4v) is 1.76. The molecule has 0 saturated carbocycles. The zero-order chi connectivity index (χ0) is 13.9. The van der Waals surface area contributed by atoms with Gasteiger partial charge in [-0.05, 0) is 21.8 Å². The molecule has 0 heterocycles. The van der Waals surface area contributed by atoms with Gasteiger partial charge in [-0.2, -0.15) is 0 Å². The van der Waals surface area contributed by atoms with Gasteiger partial charge in [-0.1, -0.05) is 13.8 Å². The van der Waals surface area contributed by atoms with Crippen LogP contribution in [0.3, 0.4) is 0 Å². The number of rotatable bonds is 5. The van der Waals surface area contributed by atoms with Gasteiger partial charge < -0.3 is 10.4 Å². The topological polar surface area (TPSA) is 75.4 Å². The molecule has 0 aliphatic rings. The molecule has 2 N–H and O–H groups in total. The van der Waals surface area contributed by atoms with Crippen molar-refractivity contribution in [2.24, 2.45) is 5.92 Å². The van der Waals surface area contributed by atoms with Crippen LogP contribution in [0.5, 0.6) is 0 Å². The summed E-state index contributed by atoms with van der Waals surface area (Å²) in [4.78, 5) is 10.3. The molecule has 1 aromatic carbocycles. The number of halogens is 2. The molecule has 0 aliphatic heterocycles. The van der Waals surface area contributed by atoms with E-state index < -0.39 is 10.7 Å². The number of nitro groups is 1. The van der Waals surface area contributed by atoms with Crippen molar-refractivity contribution < 1.29 is 14.4 Å². The largest absolute Gasteiger partial charge is 0.394 e. The smallest absolute Gasteiger partial charge is 0.293 e. The van der Waals surface area contributed by atoms with E-state index in [4.69, 9.17) is 0 Å². The number of aliphatic hydroxyl groups is 1. The van der Waals surface area contributed by atoms with Crippen LogP contribution in [0, 0.1) is 21.8 Å². The van der Waals surface area contributed by atoms with Crippen LogP contribution < -0.4 is 5.32 Å². The Balaban J connectivity index is 3.14. The lowest BCUT2D eigenvalue weighted by Crippen LogP contribution is -2.29. The maximum absolute atomic E-state index is 13.4. The highest BCUT2D eigenvalue weighted by molar-refractivity contribution is 9.10. The molecular formula is C11H14BrFN2O3. The van der Waals surface area contributed by atoms with E-state index in [2.05, 4.69) is 21.2 Å². The van der Waals surface area contributed by atoms with E-state index in [0.29, 0.717) is 0 Å². The summed E-state index contributed by atoms with van der Waals surface area (Å²) >= 11 is 2.90. The Hall–Kier alpha value is -1.21. The number of hydrogen-bond acceptors (Lipinski definition) is 4. The highest BCUT2D eigenvalue weighted by Crippen LogP contribution is 2.31. The third-order valence-corrected chi connectivity index (χ3v) is 3.19. The van der Waals surface area contributed by atoms with Crippen LogP contribution in [0.15, 0.2) is 16.6 Å². The first-order valence-corrected chi connectivity index (χ1v) is 6.17. The van der Waals surface area contributed by atoms with Crippen LogP contribution in [0.25, 0.3) is 0 Å². The lowest BCUT2D eigenvalue weighted by Gasteiger charge is -2.21. The maximum atomic E-state index is 13.4. The molecule has 0 aromatic heterocycles. The Morgan fingerprint density at radius 1 is 1.56 bits per heavy atom. The van der Waals surface area contributed by atoms with Crippen LogP contribution >= 0.6 is 15.9 Å². The summed E-state index contributed by atoms with van der Waals surface area (Å²) in [7, 11) is 0. The summed E-state index contributed by atoms with van der Waals surface area (Å²) in [6.45, 7) is 3.52. The SMILES string of the molecule is CC(C)C(CO)Nc1cc(F)c(Br)cc1[N+](=O)[O-]. The quantitative estimate of drug-likeness (QED) is 0.646. The number of anilines is 1. The van der Waals surface area contributed by atoms with E-state index >= 15 is 0 Å². The molecule has 18 heavy (non-hydrogen) atoms. The van der Waals surface area contributed by atoms with Gasteiger partial charge in [0.25, 0.3) is 5.69 Å². The summed E-state index contributed by atoms with van der Waals surface area (Å²) in [6.07, 6.45) is 0. The molecule has 0 fully saturated rings. The third-order valence-electron chi connectivity index (χ3n) is 2.58. The van der Waals surface area contributed by atoms with Crippen molar-refractivity contribution in [3.63, 3.8) is 0 Å². The minimum atomic E-state index is -0.596. The van der Waals surface area contributed by atoms with Crippen molar-refractivity contribution in [1.82, 2.24) is 0 Å². The van der Waals surface area contributed by atoms with Crippen LogP contribution in [0.4, 0.5) is 15.8 Å². The lowest BCUT2D eigenvalue weighted by atomic mass is 10.0. The first-order valence-electron chi connectivity index (χ1n) is 5.37. The molecule has 100 valence electrons. The molecule has 7 heteroatoms. The van der Waals surface area contributed by atoms with Crippen LogP contribution in [-0.4, -0.2) is 22.7 Å². The van der Waals surface area contributed by atoms with E-state index in [-0.39, 0.29) is 34.4 Å². The zero-order valence-electron chi connectivity index (χ0n) is 9.98. The summed E-state index contributed by atoms with van der Waals surface area (Å²) in [5.41, 5.74) is -0.171.